The van der Waals surface area contributed by atoms with E-state index in [0.29, 0.717) is 23.9 Å². The highest BCUT2D eigenvalue weighted by molar-refractivity contribution is 5.50. The van der Waals surface area contributed by atoms with E-state index in [1.165, 1.54) is 0 Å². The van der Waals surface area contributed by atoms with Gasteiger partial charge in [-0.25, -0.2) is 5.84 Å². The lowest BCUT2D eigenvalue weighted by molar-refractivity contribution is 0.384. The SMILES string of the molecule is Cc1cc(CNc2cc(NN)nc(N)n2)on1. The fourth-order valence-corrected chi connectivity index (χ4v) is 1.31. The molecule has 8 nitrogen and oxygen atoms in total. The molecule has 0 bridgehead atoms. The lowest BCUT2D eigenvalue weighted by Gasteiger charge is -2.06. The highest BCUT2D eigenvalue weighted by Crippen LogP contribution is 2.12. The molecule has 0 saturated carbocycles. The van der Waals surface area contributed by atoms with Crippen LogP contribution in [0.5, 0.6) is 0 Å². The molecule has 0 aliphatic carbocycles. The largest absolute Gasteiger partial charge is 0.368 e. The summed E-state index contributed by atoms with van der Waals surface area (Å²) in [6.07, 6.45) is 0. The molecule has 90 valence electrons. The van der Waals surface area contributed by atoms with Crippen LogP contribution in [-0.2, 0) is 6.54 Å². The lowest BCUT2D eigenvalue weighted by atomic mass is 10.4. The molecule has 0 fully saturated rings. The minimum atomic E-state index is 0.136. The second-order valence-corrected chi connectivity index (χ2v) is 3.43. The molecular weight excluding hydrogens is 222 g/mol. The summed E-state index contributed by atoms with van der Waals surface area (Å²) in [6.45, 7) is 2.31. The molecule has 2 heterocycles. The van der Waals surface area contributed by atoms with E-state index in [4.69, 9.17) is 16.1 Å². The van der Waals surface area contributed by atoms with Crippen molar-refractivity contribution in [3.05, 3.63) is 23.6 Å². The molecule has 0 aromatic carbocycles. The van der Waals surface area contributed by atoms with Crippen LogP contribution in [0.15, 0.2) is 16.7 Å². The number of hydrazine groups is 1. The van der Waals surface area contributed by atoms with Crippen molar-refractivity contribution < 1.29 is 4.52 Å². The van der Waals surface area contributed by atoms with Gasteiger partial charge in [0.15, 0.2) is 5.76 Å². The molecule has 2 aromatic rings. The number of aryl methyl sites for hydroxylation is 1. The van der Waals surface area contributed by atoms with E-state index in [0.717, 1.165) is 5.69 Å². The van der Waals surface area contributed by atoms with Gasteiger partial charge < -0.3 is 21.0 Å². The number of hydrogen-bond acceptors (Lipinski definition) is 8. The number of aromatic nitrogens is 3. The molecule has 2 aromatic heterocycles. The van der Waals surface area contributed by atoms with Crippen molar-refractivity contribution in [2.75, 3.05) is 16.5 Å². The molecule has 2 rings (SSSR count). The molecule has 0 aliphatic heterocycles. The van der Waals surface area contributed by atoms with Crippen molar-refractivity contribution in [3.8, 4) is 0 Å². The number of rotatable bonds is 4. The van der Waals surface area contributed by atoms with Crippen LogP contribution in [0.25, 0.3) is 0 Å². The Bertz CT molecular complexity index is 510. The average molecular weight is 235 g/mol. The lowest BCUT2D eigenvalue weighted by Crippen LogP contribution is -2.12. The van der Waals surface area contributed by atoms with Crippen molar-refractivity contribution in [2.45, 2.75) is 13.5 Å². The predicted molar refractivity (Wildman–Crippen MR) is 62.8 cm³/mol. The molecule has 0 aliphatic rings. The Labute approximate surface area is 97.4 Å². The van der Waals surface area contributed by atoms with Gasteiger partial charge >= 0.3 is 0 Å². The second-order valence-electron chi connectivity index (χ2n) is 3.43. The number of nitrogen functional groups attached to an aromatic ring is 2. The molecule has 0 unspecified atom stereocenters. The topological polar surface area (TPSA) is 128 Å². The van der Waals surface area contributed by atoms with Crippen LogP contribution in [0.1, 0.15) is 11.5 Å². The minimum absolute atomic E-state index is 0.136. The smallest absolute Gasteiger partial charge is 0.223 e. The van der Waals surface area contributed by atoms with Gasteiger partial charge in [-0.15, -0.1) is 0 Å². The fraction of sp³-hybridized carbons (Fsp3) is 0.222. The third-order valence-corrected chi connectivity index (χ3v) is 2.01. The normalized spacial score (nSPS) is 10.2. The van der Waals surface area contributed by atoms with Gasteiger partial charge in [0.2, 0.25) is 5.95 Å². The monoisotopic (exact) mass is 235 g/mol. The van der Waals surface area contributed by atoms with E-state index < -0.39 is 0 Å². The van der Waals surface area contributed by atoms with E-state index in [-0.39, 0.29) is 5.95 Å². The summed E-state index contributed by atoms with van der Waals surface area (Å²) in [5.41, 5.74) is 8.75. The third-order valence-electron chi connectivity index (χ3n) is 2.01. The standard InChI is InChI=1S/C9H13N7O/c1-5-2-6(17-16-5)4-12-7-3-8(15-11)14-9(10)13-7/h2-3H,4,11H2,1H3,(H4,10,12,13,14,15). The zero-order valence-electron chi connectivity index (χ0n) is 9.27. The first-order valence-corrected chi connectivity index (χ1v) is 4.94. The van der Waals surface area contributed by atoms with E-state index in [1.807, 2.05) is 13.0 Å². The van der Waals surface area contributed by atoms with Crippen LogP contribution in [0.4, 0.5) is 17.6 Å². The van der Waals surface area contributed by atoms with Gasteiger partial charge in [-0.05, 0) is 6.92 Å². The minimum Gasteiger partial charge on any atom is -0.368 e. The maximum atomic E-state index is 5.51. The number of anilines is 3. The first kappa shape index (κ1) is 11.1. The second kappa shape index (κ2) is 4.66. The Morgan fingerprint density at radius 1 is 1.29 bits per heavy atom. The molecule has 0 saturated heterocycles. The molecule has 0 radical (unpaired) electrons. The van der Waals surface area contributed by atoms with Crippen LogP contribution in [0.2, 0.25) is 0 Å². The summed E-state index contributed by atoms with van der Waals surface area (Å²) < 4.78 is 5.05. The quantitative estimate of drug-likeness (QED) is 0.438. The first-order chi connectivity index (χ1) is 8.17. The Morgan fingerprint density at radius 2 is 2.06 bits per heavy atom. The summed E-state index contributed by atoms with van der Waals surface area (Å²) in [5, 5.41) is 6.80. The summed E-state index contributed by atoms with van der Waals surface area (Å²) in [7, 11) is 0. The number of hydrogen-bond donors (Lipinski definition) is 4. The molecule has 17 heavy (non-hydrogen) atoms. The van der Waals surface area contributed by atoms with E-state index >= 15 is 0 Å². The Balaban J connectivity index is 2.05. The fourth-order valence-electron chi connectivity index (χ4n) is 1.31. The first-order valence-electron chi connectivity index (χ1n) is 4.94. The summed E-state index contributed by atoms with van der Waals surface area (Å²) in [5.74, 6) is 7.09. The van der Waals surface area contributed by atoms with Crippen molar-refractivity contribution in [1.82, 2.24) is 15.1 Å². The molecule has 8 heteroatoms. The van der Waals surface area contributed by atoms with Crippen molar-refractivity contribution >= 4 is 17.6 Å². The van der Waals surface area contributed by atoms with Gasteiger partial charge in [0.25, 0.3) is 0 Å². The average Bonchev–Trinajstić information content (AvgIpc) is 2.72. The van der Waals surface area contributed by atoms with Gasteiger partial charge in [0, 0.05) is 12.1 Å². The van der Waals surface area contributed by atoms with Crippen molar-refractivity contribution in [3.63, 3.8) is 0 Å². The van der Waals surface area contributed by atoms with Crippen LogP contribution < -0.4 is 22.3 Å². The summed E-state index contributed by atoms with van der Waals surface area (Å²) in [6, 6.07) is 3.47. The van der Waals surface area contributed by atoms with E-state index in [9.17, 15) is 0 Å². The number of nitrogens with two attached hydrogens (primary N) is 2. The molecular formula is C9H13N7O. The van der Waals surface area contributed by atoms with E-state index in [1.54, 1.807) is 6.07 Å². The third kappa shape index (κ3) is 2.82. The highest BCUT2D eigenvalue weighted by atomic mass is 16.5. The zero-order valence-corrected chi connectivity index (χ0v) is 9.27. The van der Waals surface area contributed by atoms with Gasteiger partial charge in [-0.2, -0.15) is 9.97 Å². The Morgan fingerprint density at radius 3 is 2.71 bits per heavy atom. The van der Waals surface area contributed by atoms with Crippen LogP contribution in [0.3, 0.4) is 0 Å². The Hall–Kier alpha value is -2.35. The van der Waals surface area contributed by atoms with Crippen molar-refractivity contribution in [1.29, 1.82) is 0 Å². The molecule has 0 spiro atoms. The van der Waals surface area contributed by atoms with E-state index in [2.05, 4.69) is 25.9 Å². The van der Waals surface area contributed by atoms with Crippen LogP contribution >= 0.6 is 0 Å². The maximum absolute atomic E-state index is 5.51. The van der Waals surface area contributed by atoms with Gasteiger partial charge in [0.1, 0.15) is 11.6 Å². The van der Waals surface area contributed by atoms with Gasteiger partial charge in [0.05, 0.1) is 12.2 Å². The van der Waals surface area contributed by atoms with Crippen LogP contribution in [0, 0.1) is 6.92 Å². The zero-order chi connectivity index (χ0) is 12.3. The summed E-state index contributed by atoms with van der Waals surface area (Å²) >= 11 is 0. The molecule has 0 amide bonds. The highest BCUT2D eigenvalue weighted by Gasteiger charge is 2.03. The van der Waals surface area contributed by atoms with Crippen LogP contribution in [-0.4, -0.2) is 15.1 Å². The van der Waals surface area contributed by atoms with Crippen molar-refractivity contribution in [2.24, 2.45) is 5.84 Å². The molecule has 6 N–H and O–H groups in total. The number of nitrogens with zero attached hydrogens (tertiary/aromatic N) is 3. The molecule has 0 atom stereocenters. The number of nitrogens with one attached hydrogen (secondary N) is 2. The maximum Gasteiger partial charge on any atom is 0.223 e. The van der Waals surface area contributed by atoms with Gasteiger partial charge in [-0.1, -0.05) is 5.16 Å². The summed E-state index contributed by atoms with van der Waals surface area (Å²) in [4.78, 5) is 7.87. The predicted octanol–water partition coefficient (Wildman–Crippen LogP) is 0.253. The Kier molecular flexibility index (Phi) is 3.06. The van der Waals surface area contributed by atoms with Gasteiger partial charge in [-0.3, -0.25) is 0 Å².